The van der Waals surface area contributed by atoms with Crippen LogP contribution in [0.1, 0.15) is 21.7 Å². The molecule has 0 radical (unpaired) electrons. The van der Waals surface area contributed by atoms with Crippen LogP contribution in [0.5, 0.6) is 0 Å². The molecule has 0 aliphatic carbocycles. The first-order valence-corrected chi connectivity index (χ1v) is 5.87. The summed E-state index contributed by atoms with van der Waals surface area (Å²) in [5, 5.41) is 8.82. The average Bonchev–Trinajstić information content (AvgIpc) is 2.81. The zero-order valence-corrected chi connectivity index (χ0v) is 10.6. The third-order valence-electron chi connectivity index (χ3n) is 3.05. The van der Waals surface area contributed by atoms with E-state index < -0.39 is 17.7 Å². The van der Waals surface area contributed by atoms with Gasteiger partial charge in [-0.05, 0) is 25.1 Å². The Morgan fingerprint density at radius 3 is 2.62 bits per heavy atom. The molecule has 0 aliphatic rings. The number of hydrogen-bond acceptors (Lipinski definition) is 3. The van der Waals surface area contributed by atoms with Crippen LogP contribution in [0.15, 0.2) is 24.4 Å². The molecule has 0 saturated heterocycles. The SMILES string of the molecule is Cc1cc(C(F)(F)F)c2ccc3nc(C(=O)O)cn3c2n1. The van der Waals surface area contributed by atoms with Crippen molar-refractivity contribution < 1.29 is 23.1 Å². The number of carboxylic acid groups (broad SMARTS) is 1. The van der Waals surface area contributed by atoms with Crippen molar-refractivity contribution in [2.75, 3.05) is 0 Å². The number of aryl methyl sites for hydroxylation is 1. The molecule has 0 saturated carbocycles. The summed E-state index contributed by atoms with van der Waals surface area (Å²) in [6.07, 6.45) is -3.36. The van der Waals surface area contributed by atoms with Crippen molar-refractivity contribution >= 4 is 22.6 Å². The lowest BCUT2D eigenvalue weighted by molar-refractivity contribution is -0.136. The van der Waals surface area contributed by atoms with Crippen molar-refractivity contribution in [1.29, 1.82) is 0 Å². The fourth-order valence-corrected chi connectivity index (χ4v) is 2.19. The van der Waals surface area contributed by atoms with Crippen molar-refractivity contribution in [2.45, 2.75) is 13.1 Å². The monoisotopic (exact) mass is 295 g/mol. The highest BCUT2D eigenvalue weighted by Crippen LogP contribution is 2.35. The number of aromatic carboxylic acids is 1. The van der Waals surface area contributed by atoms with Crippen LogP contribution in [-0.2, 0) is 6.18 Å². The molecule has 1 N–H and O–H groups in total. The molecule has 3 heterocycles. The number of carboxylic acids is 1. The average molecular weight is 295 g/mol. The second-order valence-electron chi connectivity index (χ2n) is 4.54. The minimum absolute atomic E-state index is 0.0276. The van der Waals surface area contributed by atoms with E-state index in [2.05, 4.69) is 9.97 Å². The van der Waals surface area contributed by atoms with Crippen LogP contribution in [0.3, 0.4) is 0 Å². The Morgan fingerprint density at radius 1 is 1.29 bits per heavy atom. The minimum Gasteiger partial charge on any atom is -0.476 e. The number of hydrogen-bond donors (Lipinski definition) is 1. The fraction of sp³-hybridized carbons (Fsp3) is 0.154. The van der Waals surface area contributed by atoms with Gasteiger partial charge in [-0.25, -0.2) is 14.8 Å². The van der Waals surface area contributed by atoms with Crippen LogP contribution >= 0.6 is 0 Å². The molecule has 3 aromatic heterocycles. The fourth-order valence-electron chi connectivity index (χ4n) is 2.19. The van der Waals surface area contributed by atoms with E-state index in [1.165, 1.54) is 23.5 Å². The predicted molar refractivity (Wildman–Crippen MR) is 67.2 cm³/mol. The van der Waals surface area contributed by atoms with Crippen LogP contribution in [0.4, 0.5) is 13.2 Å². The van der Waals surface area contributed by atoms with Gasteiger partial charge in [-0.1, -0.05) is 0 Å². The van der Waals surface area contributed by atoms with Crippen molar-refractivity contribution in [3.05, 3.63) is 41.3 Å². The summed E-state index contributed by atoms with van der Waals surface area (Å²) in [6, 6.07) is 3.54. The number of imidazole rings is 1. The molecule has 108 valence electrons. The second kappa shape index (κ2) is 4.18. The number of alkyl halides is 3. The minimum atomic E-state index is -4.52. The summed E-state index contributed by atoms with van der Waals surface area (Å²) in [4.78, 5) is 18.8. The quantitative estimate of drug-likeness (QED) is 0.749. The van der Waals surface area contributed by atoms with Gasteiger partial charge in [0.15, 0.2) is 5.69 Å². The number of rotatable bonds is 1. The molecule has 0 bridgehead atoms. The Labute approximate surface area is 115 Å². The Kier molecular flexibility index (Phi) is 2.65. The Bertz CT molecular complexity index is 884. The highest BCUT2D eigenvalue weighted by atomic mass is 19.4. The molecule has 3 rings (SSSR count). The third kappa shape index (κ3) is 2.08. The third-order valence-corrected chi connectivity index (χ3v) is 3.05. The second-order valence-corrected chi connectivity index (χ2v) is 4.54. The summed E-state index contributed by atoms with van der Waals surface area (Å²) in [7, 11) is 0. The van der Waals surface area contributed by atoms with Crippen molar-refractivity contribution in [1.82, 2.24) is 14.4 Å². The van der Waals surface area contributed by atoms with Crippen LogP contribution < -0.4 is 0 Å². The van der Waals surface area contributed by atoms with E-state index in [1.54, 1.807) is 0 Å². The van der Waals surface area contributed by atoms with Crippen LogP contribution in [-0.4, -0.2) is 25.4 Å². The number of pyridine rings is 2. The van der Waals surface area contributed by atoms with Gasteiger partial charge in [0, 0.05) is 17.3 Å². The highest BCUT2D eigenvalue weighted by Gasteiger charge is 2.33. The smallest absolute Gasteiger partial charge is 0.417 e. The lowest BCUT2D eigenvalue weighted by Gasteiger charge is -2.11. The predicted octanol–water partition coefficient (Wildman–Crippen LogP) is 2.91. The molecule has 5 nitrogen and oxygen atoms in total. The molecule has 0 aromatic carbocycles. The first-order valence-electron chi connectivity index (χ1n) is 5.87. The van der Waals surface area contributed by atoms with Gasteiger partial charge in [0.2, 0.25) is 0 Å². The van der Waals surface area contributed by atoms with Crippen LogP contribution in [0, 0.1) is 6.92 Å². The topological polar surface area (TPSA) is 67.5 Å². The van der Waals surface area contributed by atoms with Gasteiger partial charge in [-0.3, -0.25) is 4.40 Å². The van der Waals surface area contributed by atoms with E-state index >= 15 is 0 Å². The van der Waals surface area contributed by atoms with Crippen molar-refractivity contribution in [3.63, 3.8) is 0 Å². The maximum atomic E-state index is 13.1. The molecule has 8 heteroatoms. The van der Waals surface area contributed by atoms with Crippen LogP contribution in [0.25, 0.3) is 16.7 Å². The first kappa shape index (κ1) is 13.3. The maximum absolute atomic E-state index is 13.1. The van der Waals surface area contributed by atoms with Gasteiger partial charge in [0.1, 0.15) is 11.3 Å². The van der Waals surface area contributed by atoms with E-state index in [4.69, 9.17) is 5.11 Å². The Hall–Kier alpha value is -2.64. The summed E-state index contributed by atoms with van der Waals surface area (Å²) >= 11 is 0. The van der Waals surface area contributed by atoms with Gasteiger partial charge >= 0.3 is 12.1 Å². The molecule has 0 aliphatic heterocycles. The van der Waals surface area contributed by atoms with Crippen molar-refractivity contribution in [3.8, 4) is 0 Å². The standard InChI is InChI=1S/C13H8F3N3O2/c1-6-4-8(13(14,15)16)7-2-3-10-18-9(12(20)21)5-19(10)11(7)17-6/h2-5H,1H3,(H,20,21). The van der Waals surface area contributed by atoms with Crippen molar-refractivity contribution in [2.24, 2.45) is 0 Å². The zero-order valence-electron chi connectivity index (χ0n) is 10.6. The van der Waals surface area contributed by atoms with E-state index in [-0.39, 0.29) is 28.1 Å². The maximum Gasteiger partial charge on any atom is 0.417 e. The summed E-state index contributed by atoms with van der Waals surface area (Å²) in [5.74, 6) is -1.25. The lowest BCUT2D eigenvalue weighted by atomic mass is 10.1. The van der Waals surface area contributed by atoms with E-state index in [0.717, 1.165) is 12.3 Å². The van der Waals surface area contributed by atoms with Gasteiger partial charge < -0.3 is 5.11 Å². The first-order chi connectivity index (χ1) is 9.77. The zero-order chi connectivity index (χ0) is 15.4. The summed E-state index contributed by atoms with van der Waals surface area (Å²) in [5.41, 5.74) is -0.615. The number of nitrogens with zero attached hydrogens (tertiary/aromatic N) is 3. The van der Waals surface area contributed by atoms with Gasteiger partial charge in [0.05, 0.1) is 5.56 Å². The molecule has 3 aromatic rings. The number of fused-ring (bicyclic) bond motifs is 3. The normalized spacial score (nSPS) is 12.2. The molecular weight excluding hydrogens is 287 g/mol. The van der Waals surface area contributed by atoms with E-state index in [9.17, 15) is 18.0 Å². The number of carbonyl (C=O) groups is 1. The summed E-state index contributed by atoms with van der Waals surface area (Å²) in [6.45, 7) is 1.45. The van der Waals surface area contributed by atoms with Gasteiger partial charge in [0.25, 0.3) is 0 Å². The Morgan fingerprint density at radius 2 is 2.00 bits per heavy atom. The molecule has 0 spiro atoms. The number of aromatic nitrogens is 3. The molecular formula is C13H8F3N3O2. The molecule has 0 amide bonds. The molecule has 21 heavy (non-hydrogen) atoms. The van der Waals surface area contributed by atoms with E-state index in [0.29, 0.717) is 0 Å². The molecule has 0 fully saturated rings. The van der Waals surface area contributed by atoms with E-state index in [1.807, 2.05) is 0 Å². The lowest BCUT2D eigenvalue weighted by Crippen LogP contribution is -2.08. The molecule has 0 unspecified atom stereocenters. The number of halogens is 3. The molecule has 0 atom stereocenters. The van der Waals surface area contributed by atoms with Gasteiger partial charge in [-0.15, -0.1) is 0 Å². The Balaban J connectivity index is 2.45. The summed E-state index contributed by atoms with van der Waals surface area (Å²) < 4.78 is 40.5. The largest absolute Gasteiger partial charge is 0.476 e. The highest BCUT2D eigenvalue weighted by molar-refractivity contribution is 5.88. The van der Waals surface area contributed by atoms with Gasteiger partial charge in [-0.2, -0.15) is 13.2 Å². The van der Waals surface area contributed by atoms with Crippen LogP contribution in [0.2, 0.25) is 0 Å².